The standard InChI is InChI=1S/C18H21IN2OS/c19-15-3-1-12(2-4-15)17(22)21-18(23)20-16-13-6-10-5-11(8-13)9-14(16)7-10/h1-4,10-11,13-14,16H,5-9H2,(H2,20,21,22,23). The average molecular weight is 440 g/mol. The summed E-state index contributed by atoms with van der Waals surface area (Å²) in [5, 5.41) is 6.82. The van der Waals surface area contributed by atoms with Crippen molar-refractivity contribution >= 4 is 45.8 Å². The maximum absolute atomic E-state index is 12.3. The highest BCUT2D eigenvalue weighted by atomic mass is 127. The Morgan fingerprint density at radius 3 is 2.13 bits per heavy atom. The van der Waals surface area contributed by atoms with Gasteiger partial charge in [0.15, 0.2) is 5.11 Å². The lowest BCUT2D eigenvalue weighted by Gasteiger charge is -2.54. The number of rotatable bonds is 2. The van der Waals surface area contributed by atoms with Crippen molar-refractivity contribution in [3.63, 3.8) is 0 Å². The molecule has 4 fully saturated rings. The third kappa shape index (κ3) is 3.27. The Hall–Kier alpha value is -0.690. The monoisotopic (exact) mass is 440 g/mol. The first kappa shape index (κ1) is 15.8. The van der Waals surface area contributed by atoms with Crippen molar-refractivity contribution in [2.24, 2.45) is 23.7 Å². The summed E-state index contributed by atoms with van der Waals surface area (Å²) in [6.45, 7) is 0. The first-order valence-electron chi connectivity index (χ1n) is 8.46. The first-order valence-corrected chi connectivity index (χ1v) is 9.94. The fourth-order valence-corrected chi connectivity index (χ4v) is 5.71. The van der Waals surface area contributed by atoms with Gasteiger partial charge in [-0.2, -0.15) is 0 Å². The van der Waals surface area contributed by atoms with E-state index in [9.17, 15) is 4.79 Å². The van der Waals surface area contributed by atoms with Crippen LogP contribution in [0.25, 0.3) is 0 Å². The molecule has 1 aromatic carbocycles. The van der Waals surface area contributed by atoms with Crippen molar-refractivity contribution < 1.29 is 4.79 Å². The smallest absolute Gasteiger partial charge is 0.257 e. The van der Waals surface area contributed by atoms with Gasteiger partial charge in [-0.3, -0.25) is 10.1 Å². The van der Waals surface area contributed by atoms with Gasteiger partial charge in [0, 0.05) is 15.2 Å². The van der Waals surface area contributed by atoms with Crippen LogP contribution in [0.15, 0.2) is 24.3 Å². The van der Waals surface area contributed by atoms with Gasteiger partial charge in [-0.25, -0.2) is 0 Å². The van der Waals surface area contributed by atoms with Crippen molar-refractivity contribution in [3.8, 4) is 0 Å². The van der Waals surface area contributed by atoms with Gasteiger partial charge >= 0.3 is 0 Å². The number of nitrogens with one attached hydrogen (secondary N) is 2. The zero-order valence-corrected chi connectivity index (χ0v) is 15.9. The minimum Gasteiger partial charge on any atom is -0.359 e. The van der Waals surface area contributed by atoms with Crippen LogP contribution in [0.5, 0.6) is 0 Å². The summed E-state index contributed by atoms with van der Waals surface area (Å²) in [5.74, 6) is 3.28. The summed E-state index contributed by atoms with van der Waals surface area (Å²) >= 11 is 7.64. The zero-order chi connectivity index (χ0) is 16.0. The number of amides is 1. The van der Waals surface area contributed by atoms with Gasteiger partial charge in [0.05, 0.1) is 0 Å². The molecule has 0 unspecified atom stereocenters. The highest BCUT2D eigenvalue weighted by molar-refractivity contribution is 14.1. The van der Waals surface area contributed by atoms with Gasteiger partial charge in [-0.05, 0) is 115 Å². The van der Waals surface area contributed by atoms with E-state index in [1.54, 1.807) is 0 Å². The Bertz CT molecular complexity index is 602. The van der Waals surface area contributed by atoms with E-state index in [1.165, 1.54) is 32.1 Å². The van der Waals surface area contributed by atoms with E-state index in [4.69, 9.17) is 12.2 Å². The number of benzene rings is 1. The molecular weight excluding hydrogens is 419 g/mol. The van der Waals surface area contributed by atoms with Gasteiger partial charge < -0.3 is 5.32 Å². The highest BCUT2D eigenvalue weighted by Crippen LogP contribution is 2.53. The van der Waals surface area contributed by atoms with Gasteiger partial charge in [0.25, 0.3) is 5.91 Å². The minimum atomic E-state index is -0.122. The van der Waals surface area contributed by atoms with Crippen LogP contribution in [0.2, 0.25) is 0 Å². The first-order chi connectivity index (χ1) is 11.1. The molecule has 0 spiro atoms. The number of hydrogen-bond acceptors (Lipinski definition) is 2. The molecule has 4 bridgehead atoms. The molecule has 1 aromatic rings. The molecule has 5 rings (SSSR count). The maximum Gasteiger partial charge on any atom is 0.257 e. The van der Waals surface area contributed by atoms with Crippen molar-refractivity contribution in [1.29, 1.82) is 0 Å². The Balaban J connectivity index is 1.37. The molecule has 4 saturated carbocycles. The van der Waals surface area contributed by atoms with E-state index >= 15 is 0 Å². The fourth-order valence-electron chi connectivity index (χ4n) is 5.12. The Morgan fingerprint density at radius 1 is 1.00 bits per heavy atom. The zero-order valence-electron chi connectivity index (χ0n) is 12.9. The second-order valence-electron chi connectivity index (χ2n) is 7.39. The highest BCUT2D eigenvalue weighted by Gasteiger charge is 2.48. The number of hydrogen-bond donors (Lipinski definition) is 2. The summed E-state index contributed by atoms with van der Waals surface area (Å²) in [5.41, 5.74) is 0.652. The van der Waals surface area contributed by atoms with E-state index in [0.29, 0.717) is 16.7 Å². The molecule has 0 aliphatic heterocycles. The molecule has 4 aliphatic rings. The lowest BCUT2D eigenvalue weighted by molar-refractivity contribution is -0.00692. The molecule has 1 amide bonds. The maximum atomic E-state index is 12.3. The second-order valence-corrected chi connectivity index (χ2v) is 9.04. The molecule has 23 heavy (non-hydrogen) atoms. The number of carbonyl (C=O) groups is 1. The van der Waals surface area contributed by atoms with Crippen LogP contribution in [0.3, 0.4) is 0 Å². The van der Waals surface area contributed by atoms with Crippen molar-refractivity contribution in [1.82, 2.24) is 10.6 Å². The van der Waals surface area contributed by atoms with E-state index in [-0.39, 0.29) is 5.91 Å². The predicted octanol–water partition coefficient (Wildman–Crippen LogP) is 3.72. The minimum absolute atomic E-state index is 0.122. The van der Waals surface area contributed by atoms with E-state index in [2.05, 4.69) is 33.2 Å². The Kier molecular flexibility index (Phi) is 4.34. The lowest BCUT2D eigenvalue weighted by Crippen LogP contribution is -2.57. The predicted molar refractivity (Wildman–Crippen MR) is 103 cm³/mol. The van der Waals surface area contributed by atoms with Crippen molar-refractivity contribution in [2.45, 2.75) is 38.1 Å². The van der Waals surface area contributed by atoms with Crippen LogP contribution in [0, 0.1) is 27.2 Å². The van der Waals surface area contributed by atoms with Crippen LogP contribution in [-0.4, -0.2) is 17.1 Å². The van der Waals surface area contributed by atoms with E-state index in [0.717, 1.165) is 27.2 Å². The fraction of sp³-hybridized carbons (Fsp3) is 0.556. The van der Waals surface area contributed by atoms with Crippen LogP contribution >= 0.6 is 34.8 Å². The summed E-state index contributed by atoms with van der Waals surface area (Å²) in [6.07, 6.45) is 6.83. The van der Waals surface area contributed by atoms with Gasteiger partial charge in [-0.15, -0.1) is 0 Å². The second kappa shape index (κ2) is 6.31. The lowest BCUT2D eigenvalue weighted by atomic mass is 9.54. The SMILES string of the molecule is O=C(NC(=S)NC1C2CC3CC(C2)CC1C3)c1ccc(I)cc1. The van der Waals surface area contributed by atoms with Crippen LogP contribution in [0.4, 0.5) is 0 Å². The Labute approximate surface area is 156 Å². The third-order valence-corrected chi connectivity index (χ3v) is 6.80. The van der Waals surface area contributed by atoms with Crippen LogP contribution in [-0.2, 0) is 0 Å². The molecular formula is C18H21IN2OS. The molecule has 0 heterocycles. The summed E-state index contributed by atoms with van der Waals surface area (Å²) in [4.78, 5) is 12.3. The van der Waals surface area contributed by atoms with Gasteiger partial charge in [0.1, 0.15) is 0 Å². The van der Waals surface area contributed by atoms with E-state index in [1.807, 2.05) is 24.3 Å². The quantitative estimate of drug-likeness (QED) is 0.544. The number of carbonyl (C=O) groups excluding carboxylic acids is 1. The summed E-state index contributed by atoms with van der Waals surface area (Å²) in [7, 11) is 0. The molecule has 2 N–H and O–H groups in total. The van der Waals surface area contributed by atoms with Crippen LogP contribution in [0.1, 0.15) is 42.5 Å². The van der Waals surface area contributed by atoms with Crippen molar-refractivity contribution in [2.75, 3.05) is 0 Å². The van der Waals surface area contributed by atoms with E-state index < -0.39 is 0 Å². The van der Waals surface area contributed by atoms with Gasteiger partial charge in [-0.1, -0.05) is 0 Å². The molecule has 0 aromatic heterocycles. The molecule has 3 nitrogen and oxygen atoms in total. The average Bonchev–Trinajstić information content (AvgIpc) is 2.50. The van der Waals surface area contributed by atoms with Crippen LogP contribution < -0.4 is 10.6 Å². The molecule has 5 heteroatoms. The molecule has 0 saturated heterocycles. The molecule has 122 valence electrons. The topological polar surface area (TPSA) is 41.1 Å². The molecule has 0 atom stereocenters. The van der Waals surface area contributed by atoms with Gasteiger partial charge in [0.2, 0.25) is 0 Å². The third-order valence-electron chi connectivity index (χ3n) is 5.86. The van der Waals surface area contributed by atoms with Crippen molar-refractivity contribution in [3.05, 3.63) is 33.4 Å². The molecule has 4 aliphatic carbocycles. The number of halogens is 1. The summed E-state index contributed by atoms with van der Waals surface area (Å²) < 4.78 is 1.12. The summed E-state index contributed by atoms with van der Waals surface area (Å²) in [6, 6.07) is 8.01. The normalized spacial score (nSPS) is 34.2. The number of thiocarbonyl (C=S) groups is 1. The molecule has 0 radical (unpaired) electrons. The largest absolute Gasteiger partial charge is 0.359 e. The Morgan fingerprint density at radius 2 is 1.57 bits per heavy atom.